The van der Waals surface area contributed by atoms with E-state index in [-0.39, 0.29) is 0 Å². The van der Waals surface area contributed by atoms with Crippen LogP contribution in [0.2, 0.25) is 0 Å². The van der Waals surface area contributed by atoms with Gasteiger partial charge in [0.05, 0.1) is 0 Å². The van der Waals surface area contributed by atoms with Crippen molar-refractivity contribution in [3.8, 4) is 33.6 Å². The van der Waals surface area contributed by atoms with Gasteiger partial charge in [0, 0.05) is 33.6 Å². The van der Waals surface area contributed by atoms with Crippen molar-refractivity contribution in [1.82, 2.24) is 0 Å². The van der Waals surface area contributed by atoms with Crippen LogP contribution in [0.5, 0.6) is 0 Å². The molecule has 8 rings (SSSR count). The molecule has 0 bridgehead atoms. The third-order valence-corrected chi connectivity index (χ3v) is 8.67. The second-order valence-corrected chi connectivity index (χ2v) is 11.4. The quantitative estimate of drug-likeness (QED) is 0.195. The van der Waals surface area contributed by atoms with Gasteiger partial charge in [0.25, 0.3) is 0 Å². The van der Waals surface area contributed by atoms with E-state index in [0.717, 1.165) is 44.9 Å². The van der Waals surface area contributed by atoms with E-state index in [9.17, 15) is 0 Å². The average molecular weight is 578 g/mol. The predicted octanol–water partition coefficient (Wildman–Crippen LogP) is 12.4. The molecule has 0 unspecified atom stereocenters. The number of hydrogen-bond donors (Lipinski definition) is 0. The van der Waals surface area contributed by atoms with Gasteiger partial charge in [-0.3, -0.25) is 0 Å². The molecule has 0 radical (unpaired) electrons. The topological polar surface area (TPSA) is 16.4 Å². The standard InChI is InChI=1S/C43H31NO/c1-30-39-17-7-8-20-42(39)45-43(30)35-15-9-16-38(29-35)44(36-25-21-32(22-26-36)31-11-3-2-4-12-31)37-27-23-34(24-28-37)41-19-10-14-33-13-5-6-18-40(33)41/h2-29H,1H3. The molecule has 0 atom stereocenters. The average Bonchev–Trinajstić information content (AvgIpc) is 3.45. The van der Waals surface area contributed by atoms with Crippen LogP contribution < -0.4 is 4.90 Å². The summed E-state index contributed by atoms with van der Waals surface area (Å²) in [7, 11) is 0. The van der Waals surface area contributed by atoms with Gasteiger partial charge in [-0.2, -0.15) is 0 Å². The summed E-state index contributed by atoms with van der Waals surface area (Å²) in [5, 5.41) is 3.65. The lowest BCUT2D eigenvalue weighted by molar-refractivity contribution is 0.629. The molecule has 0 aliphatic rings. The van der Waals surface area contributed by atoms with E-state index in [1.807, 2.05) is 12.1 Å². The Morgan fingerprint density at radius 1 is 0.422 bits per heavy atom. The molecule has 7 aromatic carbocycles. The Morgan fingerprint density at radius 3 is 1.76 bits per heavy atom. The molecular formula is C43H31NO. The van der Waals surface area contributed by atoms with Gasteiger partial charge >= 0.3 is 0 Å². The molecule has 0 fully saturated rings. The van der Waals surface area contributed by atoms with Crippen LogP contribution in [-0.2, 0) is 0 Å². The van der Waals surface area contributed by atoms with Crippen LogP contribution in [-0.4, -0.2) is 0 Å². The fourth-order valence-electron chi connectivity index (χ4n) is 6.38. The van der Waals surface area contributed by atoms with Gasteiger partial charge in [0.1, 0.15) is 11.3 Å². The summed E-state index contributed by atoms with van der Waals surface area (Å²) >= 11 is 0. The van der Waals surface area contributed by atoms with Gasteiger partial charge in [0.15, 0.2) is 0 Å². The summed E-state index contributed by atoms with van der Waals surface area (Å²) in [6.45, 7) is 2.14. The second kappa shape index (κ2) is 11.3. The Balaban J connectivity index is 1.23. The van der Waals surface area contributed by atoms with Crippen molar-refractivity contribution in [2.45, 2.75) is 6.92 Å². The molecule has 0 aliphatic heterocycles. The van der Waals surface area contributed by atoms with Crippen LogP contribution >= 0.6 is 0 Å². The smallest absolute Gasteiger partial charge is 0.138 e. The highest BCUT2D eigenvalue weighted by Crippen LogP contribution is 2.40. The van der Waals surface area contributed by atoms with E-state index in [4.69, 9.17) is 4.42 Å². The molecule has 0 amide bonds. The highest BCUT2D eigenvalue weighted by Gasteiger charge is 2.17. The summed E-state index contributed by atoms with van der Waals surface area (Å²) in [4.78, 5) is 2.32. The maximum atomic E-state index is 6.38. The first-order valence-electron chi connectivity index (χ1n) is 15.4. The number of hydrogen-bond acceptors (Lipinski definition) is 2. The van der Waals surface area contributed by atoms with E-state index in [1.54, 1.807) is 0 Å². The monoisotopic (exact) mass is 577 g/mol. The fourth-order valence-corrected chi connectivity index (χ4v) is 6.38. The maximum Gasteiger partial charge on any atom is 0.138 e. The molecule has 2 nitrogen and oxygen atoms in total. The first-order chi connectivity index (χ1) is 22.2. The van der Waals surface area contributed by atoms with Crippen LogP contribution in [0.1, 0.15) is 5.56 Å². The molecule has 214 valence electrons. The van der Waals surface area contributed by atoms with Gasteiger partial charge in [-0.25, -0.2) is 0 Å². The molecule has 0 saturated carbocycles. The van der Waals surface area contributed by atoms with E-state index in [2.05, 4.69) is 170 Å². The number of anilines is 3. The zero-order valence-electron chi connectivity index (χ0n) is 25.0. The van der Waals surface area contributed by atoms with Crippen molar-refractivity contribution < 1.29 is 4.42 Å². The lowest BCUT2D eigenvalue weighted by Gasteiger charge is -2.26. The van der Waals surface area contributed by atoms with Gasteiger partial charge in [0.2, 0.25) is 0 Å². The molecule has 0 N–H and O–H groups in total. The van der Waals surface area contributed by atoms with E-state index in [1.165, 1.54) is 33.0 Å². The highest BCUT2D eigenvalue weighted by molar-refractivity contribution is 5.97. The van der Waals surface area contributed by atoms with Crippen molar-refractivity contribution in [3.63, 3.8) is 0 Å². The minimum atomic E-state index is 0.906. The maximum absolute atomic E-state index is 6.38. The molecule has 45 heavy (non-hydrogen) atoms. The Bertz CT molecular complexity index is 2260. The summed E-state index contributed by atoms with van der Waals surface area (Å²) in [6.07, 6.45) is 0. The molecule has 0 saturated heterocycles. The van der Waals surface area contributed by atoms with E-state index >= 15 is 0 Å². The fraction of sp³-hybridized carbons (Fsp3) is 0.0233. The van der Waals surface area contributed by atoms with Crippen molar-refractivity contribution in [1.29, 1.82) is 0 Å². The summed E-state index contributed by atoms with van der Waals surface area (Å²) in [5.41, 5.74) is 11.2. The number of aryl methyl sites for hydroxylation is 1. The van der Waals surface area contributed by atoms with Crippen LogP contribution in [0.25, 0.3) is 55.3 Å². The summed E-state index contributed by atoms with van der Waals surface area (Å²) in [6, 6.07) is 60.2. The SMILES string of the molecule is Cc1c(-c2cccc(N(c3ccc(-c4ccccc4)cc3)c3ccc(-c4cccc5ccccc45)cc3)c2)oc2ccccc12. The van der Waals surface area contributed by atoms with Crippen LogP contribution in [0.3, 0.4) is 0 Å². The Hall–Kier alpha value is -5.86. The van der Waals surface area contributed by atoms with Crippen LogP contribution in [0.15, 0.2) is 174 Å². The minimum absolute atomic E-state index is 0.906. The molecule has 0 spiro atoms. The lowest BCUT2D eigenvalue weighted by Crippen LogP contribution is -2.10. The van der Waals surface area contributed by atoms with Crippen molar-refractivity contribution >= 4 is 38.8 Å². The van der Waals surface area contributed by atoms with Gasteiger partial charge in [-0.05, 0) is 82.4 Å². The molecule has 1 heterocycles. The number of rotatable bonds is 6. The van der Waals surface area contributed by atoms with E-state index < -0.39 is 0 Å². The number of nitrogens with zero attached hydrogens (tertiary/aromatic N) is 1. The first kappa shape index (κ1) is 26.7. The van der Waals surface area contributed by atoms with Crippen molar-refractivity contribution in [2.75, 3.05) is 4.90 Å². The van der Waals surface area contributed by atoms with Crippen LogP contribution in [0.4, 0.5) is 17.1 Å². The normalized spacial score (nSPS) is 11.2. The molecule has 2 heteroatoms. The number of furan rings is 1. The predicted molar refractivity (Wildman–Crippen MR) is 189 cm³/mol. The third-order valence-electron chi connectivity index (χ3n) is 8.67. The zero-order chi connectivity index (χ0) is 30.2. The molecule has 0 aliphatic carbocycles. The van der Waals surface area contributed by atoms with Crippen molar-refractivity contribution in [3.05, 3.63) is 175 Å². The van der Waals surface area contributed by atoms with Crippen molar-refractivity contribution in [2.24, 2.45) is 0 Å². The van der Waals surface area contributed by atoms with Gasteiger partial charge in [-0.1, -0.05) is 127 Å². The minimum Gasteiger partial charge on any atom is -0.456 e. The number of fused-ring (bicyclic) bond motifs is 2. The Kier molecular flexibility index (Phi) is 6.73. The third kappa shape index (κ3) is 4.97. The number of para-hydroxylation sites is 1. The first-order valence-corrected chi connectivity index (χ1v) is 15.4. The molecular weight excluding hydrogens is 546 g/mol. The Morgan fingerprint density at radius 2 is 1.00 bits per heavy atom. The van der Waals surface area contributed by atoms with E-state index in [0.29, 0.717) is 0 Å². The molecule has 8 aromatic rings. The van der Waals surface area contributed by atoms with Gasteiger partial charge < -0.3 is 9.32 Å². The highest BCUT2D eigenvalue weighted by atomic mass is 16.3. The second-order valence-electron chi connectivity index (χ2n) is 11.4. The zero-order valence-corrected chi connectivity index (χ0v) is 25.0. The summed E-state index contributed by atoms with van der Waals surface area (Å²) < 4.78 is 6.38. The van der Waals surface area contributed by atoms with Gasteiger partial charge in [-0.15, -0.1) is 0 Å². The molecule has 1 aromatic heterocycles. The van der Waals surface area contributed by atoms with Crippen LogP contribution in [0, 0.1) is 6.92 Å². The number of benzene rings is 7. The Labute approximate surface area is 263 Å². The summed E-state index contributed by atoms with van der Waals surface area (Å²) in [5.74, 6) is 0.906. The largest absolute Gasteiger partial charge is 0.456 e. The lowest BCUT2D eigenvalue weighted by atomic mass is 9.98.